The number of esters is 1. The monoisotopic (exact) mass is 331 g/mol. The molecule has 0 N–H and O–H groups in total. The molecule has 1 atom stereocenters. The van der Waals surface area contributed by atoms with Gasteiger partial charge < -0.3 is 14.4 Å². The molecule has 1 aromatic heterocycles. The van der Waals surface area contributed by atoms with E-state index in [-0.39, 0.29) is 18.5 Å². The fraction of sp³-hybridized carbons (Fsp3) is 0.571. The van der Waals surface area contributed by atoms with Crippen molar-refractivity contribution in [2.45, 2.75) is 25.8 Å². The first-order valence-corrected chi connectivity index (χ1v) is 8.13. The zero-order valence-electron chi connectivity index (χ0n) is 11.8. The fourth-order valence-corrected chi connectivity index (χ4v) is 3.27. The van der Waals surface area contributed by atoms with Gasteiger partial charge in [-0.05, 0) is 31.9 Å². The van der Waals surface area contributed by atoms with Crippen molar-refractivity contribution in [3.63, 3.8) is 0 Å². The zero-order valence-corrected chi connectivity index (χ0v) is 13.4. The van der Waals surface area contributed by atoms with Crippen molar-refractivity contribution in [2.24, 2.45) is 0 Å². The van der Waals surface area contributed by atoms with Gasteiger partial charge in [-0.1, -0.05) is 11.6 Å². The first-order chi connectivity index (χ1) is 10.1. The zero-order chi connectivity index (χ0) is 15.2. The highest BCUT2D eigenvalue weighted by molar-refractivity contribution is 7.17. The number of likely N-dealkylation sites (tertiary alicyclic amines) is 1. The van der Waals surface area contributed by atoms with Gasteiger partial charge in [-0.15, -0.1) is 11.3 Å². The highest BCUT2D eigenvalue weighted by Crippen LogP contribution is 2.26. The Morgan fingerprint density at radius 2 is 2.24 bits per heavy atom. The molecule has 0 bridgehead atoms. The molecule has 1 unspecified atom stereocenters. The van der Waals surface area contributed by atoms with E-state index in [4.69, 9.17) is 21.1 Å². The average Bonchev–Trinajstić information content (AvgIpc) is 3.11. The third-order valence-corrected chi connectivity index (χ3v) is 4.46. The highest BCUT2D eigenvalue weighted by Gasteiger charge is 2.36. The topological polar surface area (TPSA) is 55.8 Å². The second kappa shape index (κ2) is 7.77. The van der Waals surface area contributed by atoms with Crippen LogP contribution in [0.15, 0.2) is 12.1 Å². The van der Waals surface area contributed by atoms with E-state index in [1.54, 1.807) is 17.0 Å². The molecule has 2 heterocycles. The summed E-state index contributed by atoms with van der Waals surface area (Å²) in [7, 11) is 0. The van der Waals surface area contributed by atoms with Crippen molar-refractivity contribution in [1.29, 1.82) is 0 Å². The van der Waals surface area contributed by atoms with E-state index in [2.05, 4.69) is 0 Å². The number of thiophene rings is 1. The lowest BCUT2D eigenvalue weighted by atomic mass is 10.2. The van der Waals surface area contributed by atoms with Crippen molar-refractivity contribution in [3.8, 4) is 0 Å². The molecule has 1 saturated heterocycles. The van der Waals surface area contributed by atoms with Gasteiger partial charge in [0, 0.05) is 13.2 Å². The summed E-state index contributed by atoms with van der Waals surface area (Å²) in [6.45, 7) is 3.63. The van der Waals surface area contributed by atoms with Crippen molar-refractivity contribution in [1.82, 2.24) is 4.90 Å². The van der Waals surface area contributed by atoms with Crippen LogP contribution in [0.2, 0.25) is 4.34 Å². The summed E-state index contributed by atoms with van der Waals surface area (Å²) in [6.07, 6.45) is 1.44. The maximum Gasteiger partial charge on any atom is 0.328 e. The summed E-state index contributed by atoms with van der Waals surface area (Å²) >= 11 is 7.07. The van der Waals surface area contributed by atoms with E-state index in [1.165, 1.54) is 11.3 Å². The molecule has 1 fully saturated rings. The van der Waals surface area contributed by atoms with Gasteiger partial charge in [-0.2, -0.15) is 0 Å². The maximum atomic E-state index is 12.4. The van der Waals surface area contributed by atoms with Crippen LogP contribution in [0.3, 0.4) is 0 Å². The summed E-state index contributed by atoms with van der Waals surface area (Å²) in [5, 5.41) is 0. The van der Waals surface area contributed by atoms with Crippen LogP contribution < -0.4 is 0 Å². The predicted octanol–water partition coefficient (Wildman–Crippen LogP) is 2.59. The van der Waals surface area contributed by atoms with Gasteiger partial charge in [0.15, 0.2) is 0 Å². The third kappa shape index (κ3) is 4.18. The molecule has 5 nitrogen and oxygen atoms in total. The van der Waals surface area contributed by atoms with Gasteiger partial charge in [0.1, 0.15) is 12.6 Å². The fourth-order valence-electron chi connectivity index (χ4n) is 2.27. The van der Waals surface area contributed by atoms with Gasteiger partial charge >= 0.3 is 5.97 Å². The normalized spacial score (nSPS) is 18.0. The second-order valence-corrected chi connectivity index (χ2v) is 6.34. The minimum Gasteiger partial charge on any atom is -0.462 e. The molecule has 1 aliphatic heterocycles. The molecule has 0 aliphatic carbocycles. The average molecular weight is 332 g/mol. The first kappa shape index (κ1) is 16.3. The van der Waals surface area contributed by atoms with Crippen molar-refractivity contribution < 1.29 is 19.1 Å². The maximum absolute atomic E-state index is 12.4. The molecule has 0 radical (unpaired) electrons. The van der Waals surface area contributed by atoms with Crippen LogP contribution in [0.5, 0.6) is 0 Å². The number of amides is 1. The second-order valence-electron chi connectivity index (χ2n) is 4.62. The number of carbonyl (C=O) groups is 2. The largest absolute Gasteiger partial charge is 0.462 e. The summed E-state index contributed by atoms with van der Waals surface area (Å²) in [6, 6.07) is 2.87. The molecule has 0 spiro atoms. The van der Waals surface area contributed by atoms with E-state index in [1.807, 2.05) is 6.92 Å². The van der Waals surface area contributed by atoms with Crippen LogP contribution in [0.25, 0.3) is 0 Å². The number of rotatable bonds is 6. The lowest BCUT2D eigenvalue weighted by Crippen LogP contribution is -2.41. The number of hydrogen-bond acceptors (Lipinski definition) is 5. The summed E-state index contributed by atoms with van der Waals surface area (Å²) < 4.78 is 10.9. The Labute approximate surface area is 132 Å². The molecule has 1 aliphatic rings. The van der Waals surface area contributed by atoms with Gasteiger partial charge in [-0.3, -0.25) is 4.79 Å². The lowest BCUT2D eigenvalue weighted by Gasteiger charge is -2.22. The van der Waals surface area contributed by atoms with E-state index >= 15 is 0 Å². The van der Waals surface area contributed by atoms with Gasteiger partial charge in [0.25, 0.3) is 5.91 Å². The third-order valence-electron chi connectivity index (χ3n) is 3.25. The van der Waals surface area contributed by atoms with Crippen LogP contribution in [0.4, 0.5) is 0 Å². The Morgan fingerprint density at radius 3 is 2.90 bits per heavy atom. The SMILES string of the molecule is CCOCCOC(=O)C1CCCN1C(=O)c1ccc(Cl)s1. The molecule has 21 heavy (non-hydrogen) atoms. The van der Waals surface area contributed by atoms with E-state index < -0.39 is 6.04 Å². The van der Waals surface area contributed by atoms with Crippen LogP contribution in [0.1, 0.15) is 29.4 Å². The van der Waals surface area contributed by atoms with Gasteiger partial charge in [0.2, 0.25) is 0 Å². The van der Waals surface area contributed by atoms with Crippen LogP contribution >= 0.6 is 22.9 Å². The van der Waals surface area contributed by atoms with Crippen molar-refractivity contribution in [2.75, 3.05) is 26.4 Å². The number of ether oxygens (including phenoxy) is 2. The summed E-state index contributed by atoms with van der Waals surface area (Å²) in [4.78, 5) is 26.6. The van der Waals surface area contributed by atoms with E-state index in [0.29, 0.717) is 35.4 Å². The molecular formula is C14H18ClNO4S. The Hall–Kier alpha value is -1.11. The van der Waals surface area contributed by atoms with Crippen LogP contribution in [0, 0.1) is 0 Å². The van der Waals surface area contributed by atoms with E-state index in [0.717, 1.165) is 6.42 Å². The molecular weight excluding hydrogens is 314 g/mol. The lowest BCUT2D eigenvalue weighted by molar-refractivity contribution is -0.149. The number of nitrogens with zero attached hydrogens (tertiary/aromatic N) is 1. The highest BCUT2D eigenvalue weighted by atomic mass is 35.5. The Balaban J connectivity index is 1.93. The smallest absolute Gasteiger partial charge is 0.328 e. The van der Waals surface area contributed by atoms with Gasteiger partial charge in [0.05, 0.1) is 15.8 Å². The Morgan fingerprint density at radius 1 is 1.43 bits per heavy atom. The molecule has 1 amide bonds. The number of carbonyl (C=O) groups excluding carboxylic acids is 2. The van der Waals surface area contributed by atoms with Crippen molar-refractivity contribution >= 4 is 34.8 Å². The Kier molecular flexibility index (Phi) is 6.02. The van der Waals surface area contributed by atoms with Crippen LogP contribution in [-0.2, 0) is 14.3 Å². The minimum atomic E-state index is -0.500. The minimum absolute atomic E-state index is 0.156. The number of halogens is 1. The molecule has 0 saturated carbocycles. The summed E-state index contributed by atoms with van der Waals surface area (Å²) in [5.74, 6) is -0.514. The molecule has 116 valence electrons. The van der Waals surface area contributed by atoms with Crippen LogP contribution in [-0.4, -0.2) is 49.2 Å². The predicted molar refractivity (Wildman–Crippen MR) is 80.8 cm³/mol. The molecule has 2 rings (SSSR count). The molecule has 0 aromatic carbocycles. The van der Waals surface area contributed by atoms with Crippen molar-refractivity contribution in [3.05, 3.63) is 21.3 Å². The van der Waals surface area contributed by atoms with E-state index in [9.17, 15) is 9.59 Å². The standard InChI is InChI=1S/C14H18ClNO4S/c1-2-19-8-9-20-14(18)10-4-3-7-16(10)13(17)11-5-6-12(15)21-11/h5-6,10H,2-4,7-9H2,1H3. The quantitative estimate of drug-likeness (QED) is 0.594. The number of hydrogen-bond donors (Lipinski definition) is 0. The molecule has 1 aromatic rings. The summed E-state index contributed by atoms with van der Waals surface area (Å²) in [5.41, 5.74) is 0. The van der Waals surface area contributed by atoms with Gasteiger partial charge in [-0.25, -0.2) is 4.79 Å². The Bertz CT molecular complexity index is 505. The first-order valence-electron chi connectivity index (χ1n) is 6.94. The molecule has 7 heteroatoms.